The molecule has 0 unspecified atom stereocenters. The van der Waals surface area contributed by atoms with Gasteiger partial charge in [-0.15, -0.1) is 0 Å². The van der Waals surface area contributed by atoms with E-state index >= 15 is 0 Å². The van der Waals surface area contributed by atoms with Crippen LogP contribution in [-0.2, 0) is 25.5 Å². The van der Waals surface area contributed by atoms with Gasteiger partial charge in [0.1, 0.15) is 5.58 Å². The number of furan rings is 1. The molecule has 2 amide bonds. The molecule has 7 heteroatoms. The van der Waals surface area contributed by atoms with E-state index in [0.717, 1.165) is 34.1 Å². The van der Waals surface area contributed by atoms with Crippen molar-refractivity contribution < 1.29 is 23.5 Å². The molecule has 0 saturated heterocycles. The maximum atomic E-state index is 12.1. The summed E-state index contributed by atoms with van der Waals surface area (Å²) in [5, 5.41) is 3.55. The normalized spacial score (nSPS) is 10.7. The van der Waals surface area contributed by atoms with E-state index in [1.165, 1.54) is 18.2 Å². The minimum absolute atomic E-state index is 0.0173. The van der Waals surface area contributed by atoms with Gasteiger partial charge in [0.2, 0.25) is 5.91 Å². The number of nitrogens with one attached hydrogen (secondary N) is 1. The van der Waals surface area contributed by atoms with E-state index in [9.17, 15) is 14.4 Å². The van der Waals surface area contributed by atoms with Gasteiger partial charge in [0.05, 0.1) is 19.2 Å². The van der Waals surface area contributed by atoms with Crippen LogP contribution in [0.4, 0.5) is 0 Å². The van der Waals surface area contributed by atoms with E-state index in [2.05, 4.69) is 5.32 Å². The molecule has 2 aromatic rings. The molecular weight excluding hydrogens is 348 g/mol. The molecule has 0 radical (unpaired) electrons. The van der Waals surface area contributed by atoms with Crippen molar-refractivity contribution in [3.05, 3.63) is 35.1 Å². The van der Waals surface area contributed by atoms with Gasteiger partial charge in [-0.05, 0) is 43.5 Å². The molecule has 7 nitrogen and oxygen atoms in total. The molecule has 1 N–H and O–H groups in total. The highest BCUT2D eigenvalue weighted by atomic mass is 16.5. The van der Waals surface area contributed by atoms with Crippen LogP contribution in [0, 0.1) is 13.8 Å². The third kappa shape index (κ3) is 5.57. The van der Waals surface area contributed by atoms with E-state index in [1.54, 1.807) is 0 Å². The lowest BCUT2D eigenvalue weighted by molar-refractivity contribution is -0.151. The van der Waals surface area contributed by atoms with Crippen molar-refractivity contribution in [3.63, 3.8) is 0 Å². The average Bonchev–Trinajstić information content (AvgIpc) is 2.99. The highest BCUT2D eigenvalue weighted by molar-refractivity contribution is 5.88. The number of aryl methyl sites for hydroxylation is 2. The highest BCUT2D eigenvalue weighted by Gasteiger charge is 2.17. The van der Waals surface area contributed by atoms with Gasteiger partial charge in [0.15, 0.2) is 6.61 Å². The third-order valence-electron chi connectivity index (χ3n) is 4.34. The van der Waals surface area contributed by atoms with Gasteiger partial charge < -0.3 is 19.4 Å². The Labute approximate surface area is 158 Å². The Kier molecular flexibility index (Phi) is 6.98. The molecule has 0 spiro atoms. The summed E-state index contributed by atoms with van der Waals surface area (Å²) in [5.74, 6) is -1.19. The lowest BCUT2D eigenvalue weighted by Gasteiger charge is -2.16. The summed E-state index contributed by atoms with van der Waals surface area (Å²) in [4.78, 5) is 36.9. The minimum atomic E-state index is -0.520. The van der Waals surface area contributed by atoms with Crippen molar-refractivity contribution >= 4 is 28.8 Å². The lowest BCUT2D eigenvalue weighted by atomic mass is 10.0. The lowest BCUT2D eigenvalue weighted by Crippen LogP contribution is -2.40. The van der Waals surface area contributed by atoms with Gasteiger partial charge in [-0.3, -0.25) is 14.4 Å². The molecule has 146 valence electrons. The van der Waals surface area contributed by atoms with Crippen LogP contribution in [0.5, 0.6) is 0 Å². The number of fused-ring (bicyclic) bond motifs is 1. The molecule has 0 aliphatic rings. The number of hydrogen-bond donors (Lipinski definition) is 1. The Balaban J connectivity index is 1.86. The number of likely N-dealkylation sites (N-methyl/N-ethyl adjacent to an activating group) is 1. The highest BCUT2D eigenvalue weighted by Crippen LogP contribution is 2.25. The molecule has 0 atom stereocenters. The van der Waals surface area contributed by atoms with Gasteiger partial charge in [-0.1, -0.05) is 6.92 Å². The number of benzene rings is 1. The fourth-order valence-corrected chi connectivity index (χ4v) is 2.56. The van der Waals surface area contributed by atoms with Crippen LogP contribution >= 0.6 is 0 Å². The predicted molar refractivity (Wildman–Crippen MR) is 101 cm³/mol. The van der Waals surface area contributed by atoms with Gasteiger partial charge in [-0.25, -0.2) is 0 Å². The quantitative estimate of drug-likeness (QED) is 0.715. The maximum absolute atomic E-state index is 12.1. The smallest absolute Gasteiger partial charge is 0.310 e. The Hall–Kier alpha value is -2.83. The number of carbonyl (C=O) groups excluding carboxylic acids is 3. The van der Waals surface area contributed by atoms with Gasteiger partial charge >= 0.3 is 5.97 Å². The average molecular weight is 374 g/mol. The second-order valence-electron chi connectivity index (χ2n) is 6.63. The van der Waals surface area contributed by atoms with Crippen LogP contribution < -0.4 is 5.32 Å². The van der Waals surface area contributed by atoms with Crippen LogP contribution in [0.1, 0.15) is 30.0 Å². The van der Waals surface area contributed by atoms with Crippen LogP contribution in [-0.4, -0.2) is 49.4 Å². The number of rotatable bonds is 8. The number of esters is 1. The monoisotopic (exact) mass is 374 g/mol. The zero-order valence-electron chi connectivity index (χ0n) is 16.3. The summed E-state index contributed by atoms with van der Waals surface area (Å²) in [7, 11) is 1.50. The van der Waals surface area contributed by atoms with Crippen LogP contribution in [0.2, 0.25) is 0 Å². The summed E-state index contributed by atoms with van der Waals surface area (Å²) in [6.45, 7) is 6.03. The van der Waals surface area contributed by atoms with Crippen LogP contribution in [0.3, 0.4) is 0 Å². The standard InChI is InChI=1S/C20H26N2O5/c1-5-6-21-18(23)10-22(4)19(24)12-27-20(25)9-15-11-26-17-8-14(3)13(2)7-16(15)17/h7-8,11H,5-6,9-10,12H2,1-4H3,(H,21,23). The van der Waals surface area contributed by atoms with Crippen molar-refractivity contribution in [3.8, 4) is 0 Å². The van der Waals surface area contributed by atoms with Crippen molar-refractivity contribution in [2.24, 2.45) is 0 Å². The summed E-state index contributed by atoms with van der Waals surface area (Å²) in [6.07, 6.45) is 2.38. The summed E-state index contributed by atoms with van der Waals surface area (Å²) >= 11 is 0. The molecule has 0 aliphatic heterocycles. The molecule has 2 rings (SSSR count). The Morgan fingerprint density at radius 1 is 1.19 bits per heavy atom. The number of carbonyl (C=O) groups is 3. The molecule has 0 fully saturated rings. The summed E-state index contributed by atoms with van der Waals surface area (Å²) in [5.41, 5.74) is 3.66. The van der Waals surface area contributed by atoms with Crippen LogP contribution in [0.15, 0.2) is 22.8 Å². The molecule has 0 saturated carbocycles. The first kappa shape index (κ1) is 20.5. The molecule has 1 aromatic carbocycles. The first-order chi connectivity index (χ1) is 12.8. The number of amides is 2. The SMILES string of the molecule is CCCNC(=O)CN(C)C(=O)COC(=O)Cc1coc2cc(C)c(C)cc12. The van der Waals surface area contributed by atoms with Crippen molar-refractivity contribution in [1.29, 1.82) is 0 Å². The molecule has 1 aromatic heterocycles. The van der Waals surface area contributed by atoms with E-state index in [-0.39, 0.29) is 18.9 Å². The molecule has 27 heavy (non-hydrogen) atoms. The van der Waals surface area contributed by atoms with E-state index in [1.807, 2.05) is 32.9 Å². The Bertz CT molecular complexity index is 840. The van der Waals surface area contributed by atoms with E-state index in [0.29, 0.717) is 6.54 Å². The Morgan fingerprint density at radius 2 is 1.89 bits per heavy atom. The van der Waals surface area contributed by atoms with Crippen molar-refractivity contribution in [2.75, 3.05) is 26.7 Å². The second-order valence-corrected chi connectivity index (χ2v) is 6.63. The predicted octanol–water partition coefficient (Wildman–Crippen LogP) is 2.12. The van der Waals surface area contributed by atoms with Crippen molar-refractivity contribution in [1.82, 2.24) is 10.2 Å². The second kappa shape index (κ2) is 9.21. The zero-order chi connectivity index (χ0) is 20.0. The minimum Gasteiger partial charge on any atom is -0.464 e. The fraction of sp³-hybridized carbons (Fsp3) is 0.450. The van der Waals surface area contributed by atoms with Gasteiger partial charge in [0, 0.05) is 24.5 Å². The summed E-state index contributed by atoms with van der Waals surface area (Å²) < 4.78 is 10.6. The summed E-state index contributed by atoms with van der Waals surface area (Å²) in [6, 6.07) is 3.91. The number of nitrogens with zero attached hydrogens (tertiary/aromatic N) is 1. The zero-order valence-corrected chi connectivity index (χ0v) is 16.3. The van der Waals surface area contributed by atoms with Gasteiger partial charge in [-0.2, -0.15) is 0 Å². The topological polar surface area (TPSA) is 88.9 Å². The molecular formula is C20H26N2O5. The fourth-order valence-electron chi connectivity index (χ4n) is 2.56. The molecule has 0 aliphatic carbocycles. The molecule has 0 bridgehead atoms. The van der Waals surface area contributed by atoms with Crippen LogP contribution in [0.25, 0.3) is 11.0 Å². The first-order valence-corrected chi connectivity index (χ1v) is 8.95. The first-order valence-electron chi connectivity index (χ1n) is 8.95. The third-order valence-corrected chi connectivity index (χ3v) is 4.34. The van der Waals surface area contributed by atoms with Gasteiger partial charge in [0.25, 0.3) is 5.91 Å². The Morgan fingerprint density at radius 3 is 2.59 bits per heavy atom. The number of hydrogen-bond acceptors (Lipinski definition) is 5. The largest absolute Gasteiger partial charge is 0.464 e. The maximum Gasteiger partial charge on any atom is 0.310 e. The van der Waals surface area contributed by atoms with E-state index < -0.39 is 18.5 Å². The van der Waals surface area contributed by atoms with E-state index in [4.69, 9.17) is 9.15 Å². The number of ether oxygens (including phenoxy) is 1. The van der Waals surface area contributed by atoms with Crippen molar-refractivity contribution in [2.45, 2.75) is 33.6 Å². The molecule has 1 heterocycles.